The molecule has 5 heteroatoms. The maximum absolute atomic E-state index is 5.74. The van der Waals surface area contributed by atoms with E-state index >= 15 is 0 Å². The lowest BCUT2D eigenvalue weighted by molar-refractivity contribution is 0.271. The fourth-order valence-electron chi connectivity index (χ4n) is 1.84. The normalized spacial score (nSPS) is 25.9. The summed E-state index contributed by atoms with van der Waals surface area (Å²) in [5.41, 5.74) is 5.74. The molecule has 0 aromatic carbocycles. The fraction of sp³-hybridized carbons (Fsp3) is 0.778. The Labute approximate surface area is 88.1 Å². The predicted octanol–water partition coefficient (Wildman–Crippen LogP) is 1.02. The lowest BCUT2D eigenvalue weighted by Gasteiger charge is -2.35. The van der Waals surface area contributed by atoms with Gasteiger partial charge >= 0.3 is 0 Å². The van der Waals surface area contributed by atoms with Crippen molar-refractivity contribution in [3.8, 4) is 0 Å². The molecule has 4 nitrogen and oxygen atoms in total. The highest BCUT2D eigenvalue weighted by Gasteiger charge is 2.27. The van der Waals surface area contributed by atoms with E-state index in [0.29, 0.717) is 6.04 Å². The number of rotatable bonds is 3. The monoisotopic (exact) mass is 212 g/mol. The molecule has 0 saturated heterocycles. The third-order valence-corrected chi connectivity index (χ3v) is 3.60. The lowest BCUT2D eigenvalue weighted by atomic mass is 9.81. The van der Waals surface area contributed by atoms with Crippen LogP contribution in [0, 0.1) is 12.8 Å². The van der Waals surface area contributed by atoms with Crippen LogP contribution in [0.5, 0.6) is 0 Å². The first-order valence-electron chi connectivity index (χ1n) is 4.92. The first-order chi connectivity index (χ1) is 6.65. The van der Waals surface area contributed by atoms with Crippen LogP contribution in [0.4, 0.5) is 5.13 Å². The van der Waals surface area contributed by atoms with Gasteiger partial charge in [-0.1, -0.05) is 11.3 Å². The van der Waals surface area contributed by atoms with Gasteiger partial charge in [0, 0.05) is 19.6 Å². The maximum Gasteiger partial charge on any atom is 0.208 e. The Kier molecular flexibility index (Phi) is 2.69. The second-order valence-corrected chi connectivity index (χ2v) is 5.24. The van der Waals surface area contributed by atoms with E-state index in [2.05, 4.69) is 22.1 Å². The van der Waals surface area contributed by atoms with Gasteiger partial charge in [-0.2, -0.15) is 0 Å². The van der Waals surface area contributed by atoms with Crippen molar-refractivity contribution >= 4 is 16.5 Å². The largest absolute Gasteiger partial charge is 0.349 e. The van der Waals surface area contributed by atoms with Crippen LogP contribution in [-0.4, -0.2) is 29.8 Å². The van der Waals surface area contributed by atoms with Gasteiger partial charge in [-0.3, -0.25) is 0 Å². The number of aryl methyl sites for hydroxylation is 1. The maximum atomic E-state index is 5.74. The highest BCUT2D eigenvalue weighted by molar-refractivity contribution is 7.15. The number of hydrogen-bond acceptors (Lipinski definition) is 5. The molecule has 1 heterocycles. The van der Waals surface area contributed by atoms with E-state index in [1.165, 1.54) is 0 Å². The van der Waals surface area contributed by atoms with Gasteiger partial charge < -0.3 is 10.6 Å². The molecule has 78 valence electrons. The second-order valence-electron chi connectivity index (χ2n) is 4.08. The van der Waals surface area contributed by atoms with Crippen LogP contribution in [0.1, 0.15) is 17.8 Å². The minimum atomic E-state index is 0.435. The predicted molar refractivity (Wildman–Crippen MR) is 58.6 cm³/mol. The van der Waals surface area contributed by atoms with Gasteiger partial charge in [-0.25, -0.2) is 0 Å². The van der Waals surface area contributed by atoms with Crippen molar-refractivity contribution in [2.75, 3.05) is 18.5 Å². The van der Waals surface area contributed by atoms with Gasteiger partial charge in [-0.15, -0.1) is 10.2 Å². The molecule has 0 unspecified atom stereocenters. The summed E-state index contributed by atoms with van der Waals surface area (Å²) >= 11 is 1.65. The molecule has 2 rings (SSSR count). The molecule has 1 saturated carbocycles. The molecule has 1 aliphatic rings. The van der Waals surface area contributed by atoms with E-state index < -0.39 is 0 Å². The van der Waals surface area contributed by atoms with Crippen LogP contribution >= 0.6 is 11.3 Å². The third kappa shape index (κ3) is 2.04. The molecule has 0 amide bonds. The van der Waals surface area contributed by atoms with Crippen LogP contribution in [-0.2, 0) is 0 Å². The smallest absolute Gasteiger partial charge is 0.208 e. The van der Waals surface area contributed by atoms with Gasteiger partial charge in [0.25, 0.3) is 0 Å². The summed E-state index contributed by atoms with van der Waals surface area (Å²) in [5, 5.41) is 10.2. The lowest BCUT2D eigenvalue weighted by Crippen LogP contribution is -2.41. The summed E-state index contributed by atoms with van der Waals surface area (Å²) in [6.45, 7) is 3.04. The molecular formula is C9H16N4S. The average Bonchev–Trinajstić information content (AvgIpc) is 2.49. The van der Waals surface area contributed by atoms with Gasteiger partial charge in [0.2, 0.25) is 5.13 Å². The first kappa shape index (κ1) is 9.86. The number of nitrogens with zero attached hydrogens (tertiary/aromatic N) is 3. The quantitative estimate of drug-likeness (QED) is 0.812. The van der Waals surface area contributed by atoms with E-state index in [0.717, 1.165) is 35.4 Å². The van der Waals surface area contributed by atoms with Crippen molar-refractivity contribution in [2.24, 2.45) is 11.7 Å². The summed E-state index contributed by atoms with van der Waals surface area (Å²) in [7, 11) is 2.07. The number of anilines is 1. The fourth-order valence-corrected chi connectivity index (χ4v) is 2.50. The average molecular weight is 212 g/mol. The minimum absolute atomic E-state index is 0.435. The van der Waals surface area contributed by atoms with Crippen molar-refractivity contribution in [3.05, 3.63) is 5.01 Å². The second kappa shape index (κ2) is 3.82. The van der Waals surface area contributed by atoms with Gasteiger partial charge in [0.05, 0.1) is 0 Å². The summed E-state index contributed by atoms with van der Waals surface area (Å²) in [6, 6.07) is 0.435. The Morgan fingerprint density at radius 2 is 2.21 bits per heavy atom. The summed E-state index contributed by atoms with van der Waals surface area (Å²) in [4.78, 5) is 2.18. The van der Waals surface area contributed by atoms with Gasteiger partial charge in [0.1, 0.15) is 5.01 Å². The van der Waals surface area contributed by atoms with Crippen molar-refractivity contribution in [3.63, 3.8) is 0 Å². The summed E-state index contributed by atoms with van der Waals surface area (Å²) in [6.07, 6.45) is 2.31. The van der Waals surface area contributed by atoms with Crippen LogP contribution in [0.2, 0.25) is 0 Å². The van der Waals surface area contributed by atoms with Crippen molar-refractivity contribution in [1.29, 1.82) is 0 Å². The van der Waals surface area contributed by atoms with Gasteiger partial charge in [-0.05, 0) is 25.7 Å². The zero-order chi connectivity index (χ0) is 10.1. The Balaban J connectivity index is 1.86. The highest BCUT2D eigenvalue weighted by atomic mass is 32.1. The Morgan fingerprint density at radius 1 is 1.50 bits per heavy atom. The van der Waals surface area contributed by atoms with Crippen molar-refractivity contribution in [1.82, 2.24) is 10.2 Å². The van der Waals surface area contributed by atoms with Gasteiger partial charge in [0.15, 0.2) is 0 Å². The zero-order valence-electron chi connectivity index (χ0n) is 8.60. The molecule has 0 spiro atoms. The van der Waals surface area contributed by atoms with E-state index in [9.17, 15) is 0 Å². The molecule has 1 aromatic rings. The molecule has 1 fully saturated rings. The first-order valence-corrected chi connectivity index (χ1v) is 5.73. The van der Waals surface area contributed by atoms with Crippen molar-refractivity contribution < 1.29 is 0 Å². The Morgan fingerprint density at radius 3 is 2.71 bits per heavy atom. The topological polar surface area (TPSA) is 55.0 Å². The van der Waals surface area contributed by atoms with Crippen LogP contribution in [0.15, 0.2) is 0 Å². The molecular weight excluding hydrogens is 196 g/mol. The number of nitrogens with two attached hydrogens (primary N) is 1. The highest BCUT2D eigenvalue weighted by Crippen LogP contribution is 2.28. The van der Waals surface area contributed by atoms with Crippen LogP contribution < -0.4 is 10.6 Å². The molecule has 0 radical (unpaired) electrons. The van der Waals surface area contributed by atoms with Crippen molar-refractivity contribution in [2.45, 2.75) is 25.8 Å². The van der Waals surface area contributed by atoms with Crippen LogP contribution in [0.3, 0.4) is 0 Å². The molecule has 14 heavy (non-hydrogen) atoms. The molecule has 0 aliphatic heterocycles. The SMILES string of the molecule is Cc1nnc(N(C)CC2CC(N)C2)s1. The zero-order valence-corrected chi connectivity index (χ0v) is 9.42. The van der Waals surface area contributed by atoms with Crippen LogP contribution in [0.25, 0.3) is 0 Å². The summed E-state index contributed by atoms with van der Waals surface area (Å²) in [5.74, 6) is 0.749. The molecule has 0 atom stereocenters. The van der Waals surface area contributed by atoms with E-state index in [1.807, 2.05) is 6.92 Å². The Hall–Kier alpha value is -0.680. The van der Waals surface area contributed by atoms with E-state index in [-0.39, 0.29) is 0 Å². The molecule has 1 aliphatic carbocycles. The standard InChI is InChI=1S/C9H16N4S/c1-6-11-12-9(14-6)13(2)5-7-3-8(10)4-7/h7-8H,3-5,10H2,1-2H3. The Bertz CT molecular complexity index is 306. The summed E-state index contributed by atoms with van der Waals surface area (Å²) < 4.78 is 0. The van der Waals surface area contributed by atoms with E-state index in [1.54, 1.807) is 11.3 Å². The number of aromatic nitrogens is 2. The molecule has 0 bridgehead atoms. The number of hydrogen-bond donors (Lipinski definition) is 1. The molecule has 1 aromatic heterocycles. The van der Waals surface area contributed by atoms with E-state index in [4.69, 9.17) is 5.73 Å². The third-order valence-electron chi connectivity index (χ3n) is 2.65. The molecule has 2 N–H and O–H groups in total. The minimum Gasteiger partial charge on any atom is -0.349 e.